The van der Waals surface area contributed by atoms with Crippen molar-refractivity contribution in [1.29, 1.82) is 5.26 Å². The van der Waals surface area contributed by atoms with Crippen molar-refractivity contribution < 1.29 is 0 Å². The molecule has 0 aliphatic rings. The first-order valence-corrected chi connectivity index (χ1v) is 3.66. The fraction of sp³-hybridized carbons (Fsp3) is 0. The molecule has 0 radical (unpaired) electrons. The first-order chi connectivity index (χ1) is 6.40. The van der Waals surface area contributed by atoms with E-state index >= 15 is 0 Å². The van der Waals surface area contributed by atoms with E-state index in [-0.39, 0.29) is 0 Å². The summed E-state index contributed by atoms with van der Waals surface area (Å²) in [6, 6.07) is 9.38. The van der Waals surface area contributed by atoms with Gasteiger partial charge in [-0.15, -0.1) is 10.2 Å². The summed E-state index contributed by atoms with van der Waals surface area (Å²) in [5.41, 5.74) is 0.851. The number of rotatable bonds is 1. The Morgan fingerprint density at radius 2 is 2.00 bits per heavy atom. The van der Waals surface area contributed by atoms with Crippen molar-refractivity contribution in [3.8, 4) is 17.6 Å². The van der Waals surface area contributed by atoms with Gasteiger partial charge in [0.1, 0.15) is 0 Å². The molecule has 0 bridgehead atoms. The van der Waals surface area contributed by atoms with E-state index in [1.165, 1.54) is 0 Å². The molecule has 62 valence electrons. The van der Waals surface area contributed by atoms with E-state index in [2.05, 4.69) is 15.4 Å². The molecule has 2 rings (SSSR count). The van der Waals surface area contributed by atoms with Gasteiger partial charge in [0, 0.05) is 5.56 Å². The van der Waals surface area contributed by atoms with Gasteiger partial charge < -0.3 is 0 Å². The van der Waals surface area contributed by atoms with Gasteiger partial charge in [-0.3, -0.25) is 0 Å². The Morgan fingerprint density at radius 1 is 1.23 bits per heavy atom. The monoisotopic (exact) mass is 171 g/mol. The van der Waals surface area contributed by atoms with Gasteiger partial charge in [-0.2, -0.15) is 5.26 Å². The predicted octanol–water partition coefficient (Wildman–Crippen LogP) is 0.669. The van der Waals surface area contributed by atoms with Gasteiger partial charge in [-0.25, -0.2) is 0 Å². The van der Waals surface area contributed by atoms with E-state index in [1.54, 1.807) is 6.19 Å². The van der Waals surface area contributed by atoms with Crippen LogP contribution in [0.3, 0.4) is 0 Å². The number of aromatic nitrogens is 4. The lowest BCUT2D eigenvalue weighted by atomic mass is 10.2. The van der Waals surface area contributed by atoms with Gasteiger partial charge in [0.05, 0.1) is 0 Å². The summed E-state index contributed by atoms with van der Waals surface area (Å²) >= 11 is 0. The molecule has 5 heteroatoms. The fourth-order valence-electron chi connectivity index (χ4n) is 0.959. The van der Waals surface area contributed by atoms with Crippen LogP contribution in [0.4, 0.5) is 0 Å². The van der Waals surface area contributed by atoms with Gasteiger partial charge in [0.15, 0.2) is 0 Å². The maximum absolute atomic E-state index is 8.45. The summed E-state index contributed by atoms with van der Waals surface area (Å²) in [4.78, 5) is 0.877. The van der Waals surface area contributed by atoms with Crippen LogP contribution in [0.15, 0.2) is 30.3 Å². The molecule has 1 heterocycles. The predicted molar refractivity (Wildman–Crippen MR) is 44.3 cm³/mol. The molecule has 5 nitrogen and oxygen atoms in total. The topological polar surface area (TPSA) is 67.4 Å². The fourth-order valence-corrected chi connectivity index (χ4v) is 0.959. The smallest absolute Gasteiger partial charge is 0.169 e. The summed E-state index contributed by atoms with van der Waals surface area (Å²) < 4.78 is 0. The van der Waals surface area contributed by atoms with Crippen molar-refractivity contribution >= 4 is 0 Å². The maximum atomic E-state index is 8.45. The molecule has 0 N–H and O–H groups in total. The minimum atomic E-state index is 0.460. The molecule has 0 saturated carbocycles. The second-order valence-electron chi connectivity index (χ2n) is 2.37. The second-order valence-corrected chi connectivity index (χ2v) is 2.37. The van der Waals surface area contributed by atoms with Crippen LogP contribution in [0.1, 0.15) is 0 Å². The molecule has 2 aromatic rings. The Morgan fingerprint density at radius 3 is 2.62 bits per heavy atom. The number of hydrogen-bond donors (Lipinski definition) is 0. The molecular formula is C8H5N5. The highest BCUT2D eigenvalue weighted by atomic mass is 15.6. The van der Waals surface area contributed by atoms with E-state index in [0.717, 1.165) is 10.4 Å². The van der Waals surface area contributed by atoms with Crippen molar-refractivity contribution in [3.05, 3.63) is 30.3 Å². The van der Waals surface area contributed by atoms with Gasteiger partial charge in [-0.05, 0) is 5.21 Å². The van der Waals surface area contributed by atoms with Crippen molar-refractivity contribution in [3.63, 3.8) is 0 Å². The molecule has 1 aromatic heterocycles. The summed E-state index contributed by atoms with van der Waals surface area (Å²) in [5, 5.41) is 19.5. The number of nitrogens with zero attached hydrogens (tertiary/aromatic N) is 5. The third kappa shape index (κ3) is 1.37. The van der Waals surface area contributed by atoms with Gasteiger partial charge in [-0.1, -0.05) is 35.1 Å². The number of hydrogen-bond acceptors (Lipinski definition) is 4. The van der Waals surface area contributed by atoms with Gasteiger partial charge in [0.2, 0.25) is 12.0 Å². The molecule has 0 unspecified atom stereocenters. The zero-order valence-electron chi connectivity index (χ0n) is 6.62. The molecule has 0 aliphatic carbocycles. The molecule has 1 aromatic carbocycles. The molecule has 0 amide bonds. The Balaban J connectivity index is 2.43. The van der Waals surface area contributed by atoms with E-state index in [9.17, 15) is 0 Å². The lowest BCUT2D eigenvalue weighted by molar-refractivity contribution is 0.733. The highest BCUT2D eigenvalue weighted by Crippen LogP contribution is 2.11. The molecular weight excluding hydrogens is 166 g/mol. The first kappa shape index (κ1) is 7.43. The lowest BCUT2D eigenvalue weighted by Crippen LogP contribution is -1.92. The summed E-state index contributed by atoms with van der Waals surface area (Å²) in [7, 11) is 0. The highest BCUT2D eigenvalue weighted by Gasteiger charge is 2.03. The van der Waals surface area contributed by atoms with Gasteiger partial charge in [0.25, 0.3) is 0 Å². The van der Waals surface area contributed by atoms with Crippen molar-refractivity contribution in [2.45, 2.75) is 0 Å². The second kappa shape index (κ2) is 3.03. The van der Waals surface area contributed by atoms with Crippen LogP contribution in [0, 0.1) is 11.5 Å². The van der Waals surface area contributed by atoms with E-state index in [0.29, 0.717) is 5.82 Å². The molecule has 0 fully saturated rings. The average molecular weight is 171 g/mol. The maximum Gasteiger partial charge on any atom is 0.226 e. The summed E-state index contributed by atoms with van der Waals surface area (Å²) in [5.74, 6) is 0.460. The van der Waals surface area contributed by atoms with Crippen LogP contribution in [0.2, 0.25) is 0 Å². The van der Waals surface area contributed by atoms with Crippen LogP contribution in [-0.2, 0) is 0 Å². The third-order valence-corrected chi connectivity index (χ3v) is 1.54. The quantitative estimate of drug-likeness (QED) is 0.632. The average Bonchev–Trinajstić information content (AvgIpc) is 2.67. The van der Waals surface area contributed by atoms with Crippen molar-refractivity contribution in [1.82, 2.24) is 20.2 Å². The van der Waals surface area contributed by atoms with Crippen LogP contribution in [0.5, 0.6) is 0 Å². The zero-order valence-corrected chi connectivity index (χ0v) is 6.62. The standard InChI is InChI=1S/C8H5N5/c9-6-13-11-8(10-12-13)7-4-2-1-3-5-7/h1-5H. The lowest BCUT2D eigenvalue weighted by Gasteiger charge is -1.89. The summed E-state index contributed by atoms with van der Waals surface area (Å²) in [6.45, 7) is 0. The van der Waals surface area contributed by atoms with Crippen LogP contribution < -0.4 is 0 Å². The SMILES string of the molecule is N#Cn1nnc(-c2ccccc2)n1. The van der Waals surface area contributed by atoms with E-state index in [1.807, 2.05) is 30.3 Å². The molecule has 0 saturated heterocycles. The molecule has 0 atom stereocenters. The third-order valence-electron chi connectivity index (χ3n) is 1.54. The Labute approximate surface area is 74.2 Å². The van der Waals surface area contributed by atoms with E-state index < -0.39 is 0 Å². The normalized spacial score (nSPS) is 9.46. The minimum Gasteiger partial charge on any atom is -0.169 e. The first-order valence-electron chi connectivity index (χ1n) is 3.66. The van der Waals surface area contributed by atoms with Gasteiger partial charge >= 0.3 is 0 Å². The Kier molecular flexibility index (Phi) is 1.73. The Bertz CT molecular complexity index is 439. The zero-order chi connectivity index (χ0) is 9.10. The van der Waals surface area contributed by atoms with Crippen molar-refractivity contribution in [2.75, 3.05) is 0 Å². The summed E-state index contributed by atoms with van der Waals surface area (Å²) in [6.07, 6.45) is 1.75. The van der Waals surface area contributed by atoms with Crippen LogP contribution in [0.25, 0.3) is 11.4 Å². The highest BCUT2D eigenvalue weighted by molar-refractivity contribution is 5.53. The number of benzene rings is 1. The minimum absolute atomic E-state index is 0.460. The Hall–Kier alpha value is -2.22. The van der Waals surface area contributed by atoms with Crippen molar-refractivity contribution in [2.24, 2.45) is 0 Å². The molecule has 13 heavy (non-hydrogen) atoms. The van der Waals surface area contributed by atoms with Crippen LogP contribution in [-0.4, -0.2) is 20.2 Å². The molecule has 0 spiro atoms. The number of nitriles is 1. The largest absolute Gasteiger partial charge is 0.226 e. The number of tetrazole rings is 1. The van der Waals surface area contributed by atoms with Crippen LogP contribution >= 0.6 is 0 Å². The van der Waals surface area contributed by atoms with E-state index in [4.69, 9.17) is 5.26 Å². The molecule has 0 aliphatic heterocycles.